The lowest BCUT2D eigenvalue weighted by Crippen LogP contribution is -2.16. The monoisotopic (exact) mass is 382 g/mol. The van der Waals surface area contributed by atoms with Crippen LogP contribution in [0.1, 0.15) is 15.9 Å². The zero-order valence-corrected chi connectivity index (χ0v) is 15.2. The van der Waals surface area contributed by atoms with E-state index in [1.54, 1.807) is 24.3 Å². The third-order valence-corrected chi connectivity index (χ3v) is 3.97. The number of methoxy groups -OCH3 is 2. The summed E-state index contributed by atoms with van der Waals surface area (Å²) in [7, 11) is 3.03. The van der Waals surface area contributed by atoms with Crippen LogP contribution in [0.3, 0.4) is 0 Å². The molecule has 0 bridgehead atoms. The minimum absolute atomic E-state index is 0.0329. The van der Waals surface area contributed by atoms with Crippen LogP contribution in [-0.2, 0) is 16.0 Å². The molecule has 0 aliphatic carbocycles. The highest BCUT2D eigenvalue weighted by Gasteiger charge is 2.15. The summed E-state index contributed by atoms with van der Waals surface area (Å²) in [5, 5.41) is 0.635. The Morgan fingerprint density at radius 3 is 2.40 bits per heavy atom. The number of hydrogen-bond donors (Lipinski definition) is 0. The molecular weight excluding hydrogens is 367 g/mol. The second-order valence-electron chi connectivity index (χ2n) is 5.06. The van der Waals surface area contributed by atoms with Crippen molar-refractivity contribution in [2.75, 3.05) is 20.8 Å². The molecule has 0 amide bonds. The van der Waals surface area contributed by atoms with Crippen LogP contribution in [0.5, 0.6) is 11.5 Å². The summed E-state index contributed by atoms with van der Waals surface area (Å²) in [5.74, 6) is 0.156. The highest BCUT2D eigenvalue weighted by atomic mass is 35.5. The summed E-state index contributed by atoms with van der Waals surface area (Å²) >= 11 is 11.8. The van der Waals surface area contributed by atoms with E-state index in [0.29, 0.717) is 22.1 Å². The van der Waals surface area contributed by atoms with E-state index in [-0.39, 0.29) is 17.0 Å². The lowest BCUT2D eigenvalue weighted by atomic mass is 10.1. The molecule has 5 nitrogen and oxygen atoms in total. The average molecular weight is 383 g/mol. The van der Waals surface area contributed by atoms with Crippen molar-refractivity contribution in [2.24, 2.45) is 0 Å². The number of carbonyl (C=O) groups excluding carboxylic acids is 2. The van der Waals surface area contributed by atoms with Crippen LogP contribution in [-0.4, -0.2) is 32.6 Å². The number of rotatable bonds is 7. The maximum atomic E-state index is 12.1. The standard InChI is InChI=1S/C18H16Cl2O5/c1-23-13-5-3-11(17(9-13)24-2)7-18(22)25-10-16(21)14-6-4-12(19)8-15(14)20/h3-6,8-9H,7,10H2,1-2H3. The predicted molar refractivity (Wildman–Crippen MR) is 95.0 cm³/mol. The third-order valence-electron chi connectivity index (χ3n) is 3.42. The maximum Gasteiger partial charge on any atom is 0.310 e. The van der Waals surface area contributed by atoms with E-state index in [0.717, 1.165) is 0 Å². The number of ether oxygens (including phenoxy) is 3. The van der Waals surface area contributed by atoms with Crippen molar-refractivity contribution < 1.29 is 23.8 Å². The van der Waals surface area contributed by atoms with Gasteiger partial charge in [0.25, 0.3) is 0 Å². The van der Waals surface area contributed by atoms with Crippen LogP contribution in [0.2, 0.25) is 10.0 Å². The highest BCUT2D eigenvalue weighted by Crippen LogP contribution is 2.25. The number of esters is 1. The number of benzene rings is 2. The number of carbonyl (C=O) groups is 2. The second kappa shape index (κ2) is 8.74. The van der Waals surface area contributed by atoms with Crippen molar-refractivity contribution in [3.63, 3.8) is 0 Å². The topological polar surface area (TPSA) is 61.8 Å². The summed E-state index contributed by atoms with van der Waals surface area (Å²) in [5.41, 5.74) is 0.881. The van der Waals surface area contributed by atoms with Crippen LogP contribution in [0.15, 0.2) is 36.4 Å². The molecule has 0 heterocycles. The van der Waals surface area contributed by atoms with Gasteiger partial charge in [-0.1, -0.05) is 29.3 Å². The Morgan fingerprint density at radius 1 is 1.00 bits per heavy atom. The van der Waals surface area contributed by atoms with E-state index in [1.807, 2.05) is 0 Å². The van der Waals surface area contributed by atoms with Gasteiger partial charge in [0.05, 0.1) is 25.7 Å². The lowest BCUT2D eigenvalue weighted by Gasteiger charge is -2.10. The van der Waals surface area contributed by atoms with Gasteiger partial charge in [-0.25, -0.2) is 0 Å². The summed E-state index contributed by atoms with van der Waals surface area (Å²) in [6.07, 6.45) is -0.0329. The summed E-state index contributed by atoms with van der Waals surface area (Å²) in [4.78, 5) is 24.1. The summed E-state index contributed by atoms with van der Waals surface area (Å²) < 4.78 is 15.4. The molecule has 2 rings (SSSR count). The normalized spacial score (nSPS) is 10.2. The smallest absolute Gasteiger partial charge is 0.310 e. The van der Waals surface area contributed by atoms with Crippen molar-refractivity contribution in [1.29, 1.82) is 0 Å². The van der Waals surface area contributed by atoms with E-state index in [2.05, 4.69) is 0 Å². The molecule has 0 N–H and O–H groups in total. The van der Waals surface area contributed by atoms with Crippen LogP contribution >= 0.6 is 23.2 Å². The first-order valence-electron chi connectivity index (χ1n) is 7.29. The first-order valence-corrected chi connectivity index (χ1v) is 8.05. The molecule has 0 aliphatic heterocycles. The predicted octanol–water partition coefficient (Wildman–Crippen LogP) is 3.98. The zero-order valence-electron chi connectivity index (χ0n) is 13.7. The average Bonchev–Trinajstić information content (AvgIpc) is 2.60. The van der Waals surface area contributed by atoms with E-state index in [9.17, 15) is 9.59 Å². The highest BCUT2D eigenvalue weighted by molar-refractivity contribution is 6.36. The SMILES string of the molecule is COc1ccc(CC(=O)OCC(=O)c2ccc(Cl)cc2Cl)c(OC)c1. The fourth-order valence-corrected chi connectivity index (χ4v) is 2.66. The van der Waals surface area contributed by atoms with Crippen molar-refractivity contribution in [3.05, 3.63) is 57.6 Å². The minimum atomic E-state index is -0.554. The van der Waals surface area contributed by atoms with Gasteiger partial charge in [-0.2, -0.15) is 0 Å². The molecule has 0 aliphatic rings. The van der Waals surface area contributed by atoms with Gasteiger partial charge < -0.3 is 14.2 Å². The molecule has 0 saturated carbocycles. The fraction of sp³-hybridized carbons (Fsp3) is 0.222. The Labute approximate surface area is 155 Å². The van der Waals surface area contributed by atoms with Gasteiger partial charge in [-0.3, -0.25) is 9.59 Å². The number of hydrogen-bond acceptors (Lipinski definition) is 5. The Bertz CT molecular complexity index is 789. The molecule has 0 radical (unpaired) electrons. The second-order valence-corrected chi connectivity index (χ2v) is 5.91. The lowest BCUT2D eigenvalue weighted by molar-refractivity contribution is -0.141. The zero-order chi connectivity index (χ0) is 18.4. The van der Waals surface area contributed by atoms with Gasteiger partial charge in [0.15, 0.2) is 6.61 Å². The van der Waals surface area contributed by atoms with Gasteiger partial charge in [0.1, 0.15) is 11.5 Å². The Kier molecular flexibility index (Phi) is 6.67. The third kappa shape index (κ3) is 5.11. The summed E-state index contributed by atoms with van der Waals surface area (Å²) in [6, 6.07) is 9.58. The molecule has 0 saturated heterocycles. The van der Waals surface area contributed by atoms with Crippen molar-refractivity contribution in [1.82, 2.24) is 0 Å². The molecule has 0 fully saturated rings. The molecule has 7 heteroatoms. The van der Waals surface area contributed by atoms with Crippen molar-refractivity contribution >= 4 is 35.0 Å². The van der Waals surface area contributed by atoms with Gasteiger partial charge >= 0.3 is 5.97 Å². The first kappa shape index (κ1) is 19.1. The summed E-state index contributed by atoms with van der Waals surface area (Å²) in [6.45, 7) is -0.404. The number of ketones is 1. The minimum Gasteiger partial charge on any atom is -0.497 e. The van der Waals surface area contributed by atoms with E-state index in [4.69, 9.17) is 37.4 Å². The van der Waals surface area contributed by atoms with Crippen LogP contribution in [0.4, 0.5) is 0 Å². The van der Waals surface area contributed by atoms with E-state index in [1.165, 1.54) is 26.4 Å². The molecule has 2 aromatic carbocycles. The quantitative estimate of drug-likeness (QED) is 0.535. The molecule has 132 valence electrons. The Balaban J connectivity index is 1.98. The van der Waals surface area contributed by atoms with E-state index >= 15 is 0 Å². The fourth-order valence-electron chi connectivity index (χ4n) is 2.14. The number of halogens is 2. The molecule has 2 aromatic rings. The first-order chi connectivity index (χ1) is 11.9. The molecule has 25 heavy (non-hydrogen) atoms. The molecule has 0 spiro atoms. The van der Waals surface area contributed by atoms with Gasteiger partial charge in [-0.15, -0.1) is 0 Å². The van der Waals surface area contributed by atoms with Gasteiger partial charge in [0.2, 0.25) is 5.78 Å². The molecule has 0 atom stereocenters. The van der Waals surface area contributed by atoms with Crippen molar-refractivity contribution in [3.8, 4) is 11.5 Å². The molecular formula is C18H16Cl2O5. The van der Waals surface area contributed by atoms with Gasteiger partial charge in [0, 0.05) is 22.2 Å². The van der Waals surface area contributed by atoms with Crippen molar-refractivity contribution in [2.45, 2.75) is 6.42 Å². The Morgan fingerprint density at radius 2 is 1.76 bits per heavy atom. The number of Topliss-reactive ketones (excluding diaryl/α,β-unsaturated/α-hetero) is 1. The molecule has 0 unspecified atom stereocenters. The van der Waals surface area contributed by atoms with Crippen LogP contribution < -0.4 is 9.47 Å². The Hall–Kier alpha value is -2.24. The molecule has 0 aromatic heterocycles. The van der Waals surface area contributed by atoms with Crippen LogP contribution in [0.25, 0.3) is 0 Å². The maximum absolute atomic E-state index is 12.1. The van der Waals surface area contributed by atoms with Gasteiger partial charge in [-0.05, 0) is 24.3 Å². The largest absolute Gasteiger partial charge is 0.497 e. The van der Waals surface area contributed by atoms with Crippen LogP contribution in [0, 0.1) is 0 Å². The van der Waals surface area contributed by atoms with E-state index < -0.39 is 18.4 Å².